The van der Waals surface area contributed by atoms with Gasteiger partial charge in [0, 0.05) is 6.54 Å². The summed E-state index contributed by atoms with van der Waals surface area (Å²) >= 11 is 0. The minimum absolute atomic E-state index is 0.0839. The molecule has 2 amide bonds. The quantitative estimate of drug-likeness (QED) is 0.847. The van der Waals surface area contributed by atoms with Crippen molar-refractivity contribution in [3.8, 4) is 0 Å². The maximum absolute atomic E-state index is 12.8. The number of piperazine rings is 1. The second-order valence-electron chi connectivity index (χ2n) is 7.08. The van der Waals surface area contributed by atoms with Gasteiger partial charge >= 0.3 is 0 Å². The van der Waals surface area contributed by atoms with E-state index < -0.39 is 0 Å². The highest BCUT2D eigenvalue weighted by Crippen LogP contribution is 2.31. The molecule has 1 heterocycles. The first-order valence-corrected chi connectivity index (χ1v) is 8.65. The number of carbonyl (C=O) groups excluding carboxylic acids is 2. The molecule has 1 aliphatic heterocycles. The monoisotopic (exact) mass is 294 g/mol. The van der Waals surface area contributed by atoms with Gasteiger partial charge in [-0.05, 0) is 31.1 Å². The van der Waals surface area contributed by atoms with E-state index in [0.29, 0.717) is 18.4 Å². The van der Waals surface area contributed by atoms with E-state index in [4.69, 9.17) is 0 Å². The molecule has 0 bridgehead atoms. The fourth-order valence-corrected chi connectivity index (χ4v) is 3.80. The molecule has 2 rings (SSSR count). The molecular weight excluding hydrogens is 264 g/mol. The van der Waals surface area contributed by atoms with Gasteiger partial charge in [0.15, 0.2) is 0 Å². The molecule has 0 aromatic heterocycles. The lowest BCUT2D eigenvalue weighted by Gasteiger charge is -2.44. The van der Waals surface area contributed by atoms with Crippen LogP contribution in [0.5, 0.6) is 0 Å². The van der Waals surface area contributed by atoms with Crippen LogP contribution in [0.1, 0.15) is 65.7 Å². The van der Waals surface area contributed by atoms with Crippen molar-refractivity contribution in [3.05, 3.63) is 0 Å². The summed E-state index contributed by atoms with van der Waals surface area (Å²) in [6, 6.07) is -0.533. The first-order valence-electron chi connectivity index (χ1n) is 8.65. The van der Waals surface area contributed by atoms with Gasteiger partial charge < -0.3 is 10.2 Å². The van der Waals surface area contributed by atoms with Crippen LogP contribution in [-0.4, -0.2) is 35.3 Å². The van der Waals surface area contributed by atoms with Crippen molar-refractivity contribution in [1.82, 2.24) is 10.2 Å². The topological polar surface area (TPSA) is 49.4 Å². The lowest BCUT2D eigenvalue weighted by molar-refractivity contribution is -0.153. The second-order valence-corrected chi connectivity index (χ2v) is 7.08. The molecule has 1 aliphatic carbocycles. The fraction of sp³-hybridized carbons (Fsp3) is 0.882. The van der Waals surface area contributed by atoms with Crippen LogP contribution in [0.2, 0.25) is 0 Å². The van der Waals surface area contributed by atoms with Gasteiger partial charge in [0.1, 0.15) is 12.1 Å². The van der Waals surface area contributed by atoms with E-state index in [1.807, 2.05) is 4.90 Å². The summed E-state index contributed by atoms with van der Waals surface area (Å²) in [6.07, 6.45) is 7.47. The highest BCUT2D eigenvalue weighted by Gasteiger charge is 2.43. The molecule has 4 nitrogen and oxygen atoms in total. The Morgan fingerprint density at radius 1 is 1.19 bits per heavy atom. The van der Waals surface area contributed by atoms with Crippen LogP contribution in [0.4, 0.5) is 0 Å². The highest BCUT2D eigenvalue weighted by atomic mass is 16.2. The largest absolute Gasteiger partial charge is 0.342 e. The van der Waals surface area contributed by atoms with Crippen molar-refractivity contribution in [2.24, 2.45) is 11.8 Å². The minimum Gasteiger partial charge on any atom is -0.342 e. The van der Waals surface area contributed by atoms with Crippen LogP contribution in [-0.2, 0) is 9.59 Å². The summed E-state index contributed by atoms with van der Waals surface area (Å²) in [4.78, 5) is 27.3. The molecule has 0 spiro atoms. The van der Waals surface area contributed by atoms with Gasteiger partial charge in [0.2, 0.25) is 11.8 Å². The summed E-state index contributed by atoms with van der Waals surface area (Å²) in [7, 11) is 0. The van der Waals surface area contributed by atoms with Gasteiger partial charge in [-0.2, -0.15) is 0 Å². The lowest BCUT2D eigenvalue weighted by atomic mass is 9.81. The summed E-state index contributed by atoms with van der Waals surface area (Å²) in [5.74, 6) is 0.971. The SMILES string of the molecule is CCCC1NC(=O)C(C2CCCCC2)N(CC(C)C)C1=O. The van der Waals surface area contributed by atoms with Crippen molar-refractivity contribution < 1.29 is 9.59 Å². The van der Waals surface area contributed by atoms with Gasteiger partial charge in [-0.25, -0.2) is 0 Å². The van der Waals surface area contributed by atoms with Crippen LogP contribution >= 0.6 is 0 Å². The molecule has 2 unspecified atom stereocenters. The molecule has 2 aliphatic rings. The summed E-state index contributed by atoms with van der Waals surface area (Å²) in [6.45, 7) is 6.99. The molecule has 2 atom stereocenters. The molecule has 0 aromatic rings. The van der Waals surface area contributed by atoms with Crippen LogP contribution in [0.3, 0.4) is 0 Å². The third-order valence-corrected chi connectivity index (χ3v) is 4.74. The molecule has 1 N–H and O–H groups in total. The van der Waals surface area contributed by atoms with Gasteiger partial charge in [-0.1, -0.05) is 46.5 Å². The zero-order valence-corrected chi connectivity index (χ0v) is 13.7. The van der Waals surface area contributed by atoms with E-state index in [1.54, 1.807) is 0 Å². The van der Waals surface area contributed by atoms with Crippen LogP contribution in [0, 0.1) is 11.8 Å². The lowest BCUT2D eigenvalue weighted by Crippen LogP contribution is -2.65. The number of nitrogens with zero attached hydrogens (tertiary/aromatic N) is 1. The highest BCUT2D eigenvalue weighted by molar-refractivity contribution is 5.97. The average molecular weight is 294 g/mol. The Labute approximate surface area is 128 Å². The Morgan fingerprint density at radius 3 is 2.43 bits per heavy atom. The van der Waals surface area contributed by atoms with E-state index in [-0.39, 0.29) is 23.9 Å². The van der Waals surface area contributed by atoms with E-state index in [2.05, 4.69) is 26.1 Å². The number of nitrogens with one attached hydrogen (secondary N) is 1. The summed E-state index contributed by atoms with van der Waals surface area (Å²) in [5.41, 5.74) is 0. The maximum Gasteiger partial charge on any atom is 0.245 e. The molecule has 1 saturated carbocycles. The molecule has 0 radical (unpaired) electrons. The Morgan fingerprint density at radius 2 is 1.86 bits per heavy atom. The number of carbonyl (C=O) groups is 2. The Balaban J connectivity index is 2.18. The molecular formula is C17H30N2O2. The molecule has 4 heteroatoms. The van der Waals surface area contributed by atoms with Gasteiger partial charge in [-0.15, -0.1) is 0 Å². The first kappa shape index (κ1) is 16.3. The van der Waals surface area contributed by atoms with E-state index in [0.717, 1.165) is 25.7 Å². The zero-order chi connectivity index (χ0) is 15.4. The summed E-state index contributed by atoms with van der Waals surface area (Å²) < 4.78 is 0. The molecule has 1 saturated heterocycles. The van der Waals surface area contributed by atoms with E-state index in [1.165, 1.54) is 19.3 Å². The predicted molar refractivity (Wildman–Crippen MR) is 83.8 cm³/mol. The van der Waals surface area contributed by atoms with Crippen molar-refractivity contribution in [2.45, 2.75) is 77.8 Å². The molecule has 0 aromatic carbocycles. The fourth-order valence-electron chi connectivity index (χ4n) is 3.80. The maximum atomic E-state index is 12.8. The molecule has 21 heavy (non-hydrogen) atoms. The van der Waals surface area contributed by atoms with Crippen molar-refractivity contribution in [3.63, 3.8) is 0 Å². The smallest absolute Gasteiger partial charge is 0.245 e. The number of rotatable bonds is 5. The molecule has 2 fully saturated rings. The second kappa shape index (κ2) is 7.28. The Hall–Kier alpha value is -1.06. The van der Waals surface area contributed by atoms with Crippen LogP contribution < -0.4 is 5.32 Å². The molecule has 120 valence electrons. The van der Waals surface area contributed by atoms with Crippen LogP contribution in [0.25, 0.3) is 0 Å². The van der Waals surface area contributed by atoms with Gasteiger partial charge in [0.25, 0.3) is 0 Å². The predicted octanol–water partition coefficient (Wildman–Crippen LogP) is 2.72. The van der Waals surface area contributed by atoms with E-state index >= 15 is 0 Å². The average Bonchev–Trinajstić information content (AvgIpc) is 2.45. The summed E-state index contributed by atoms with van der Waals surface area (Å²) in [5, 5.41) is 2.99. The van der Waals surface area contributed by atoms with Gasteiger partial charge in [0.05, 0.1) is 0 Å². The zero-order valence-electron chi connectivity index (χ0n) is 13.7. The van der Waals surface area contributed by atoms with Gasteiger partial charge in [-0.3, -0.25) is 9.59 Å². The third kappa shape index (κ3) is 3.78. The standard InChI is InChI=1S/C17H30N2O2/c1-4-8-14-17(21)19(11-12(2)3)15(16(20)18-14)13-9-6-5-7-10-13/h12-15H,4-11H2,1-3H3,(H,18,20). The normalized spacial score (nSPS) is 28.1. The van der Waals surface area contributed by atoms with Crippen molar-refractivity contribution in [1.29, 1.82) is 0 Å². The minimum atomic E-state index is -0.305. The number of hydrogen-bond acceptors (Lipinski definition) is 2. The number of amides is 2. The first-order chi connectivity index (χ1) is 10.0. The van der Waals surface area contributed by atoms with E-state index in [9.17, 15) is 9.59 Å². The van der Waals surface area contributed by atoms with Crippen LogP contribution in [0.15, 0.2) is 0 Å². The Kier molecular flexibility index (Phi) is 5.65. The van der Waals surface area contributed by atoms with Crippen molar-refractivity contribution >= 4 is 11.8 Å². The van der Waals surface area contributed by atoms with Crippen molar-refractivity contribution in [2.75, 3.05) is 6.54 Å². The Bertz CT molecular complexity index is 375. The number of hydrogen-bond donors (Lipinski definition) is 1. The third-order valence-electron chi connectivity index (χ3n) is 4.74.